The molecule has 1 aliphatic carbocycles. The Kier molecular flexibility index (Phi) is 6.49. The van der Waals surface area contributed by atoms with Crippen LogP contribution in [0.15, 0.2) is 39.9 Å². The van der Waals surface area contributed by atoms with Gasteiger partial charge in [-0.25, -0.2) is 23.7 Å². The summed E-state index contributed by atoms with van der Waals surface area (Å²) < 4.78 is 12.3. The van der Waals surface area contributed by atoms with Crippen LogP contribution < -0.4 is 21.3 Å². The zero-order chi connectivity index (χ0) is 24.4. The first-order valence-electron chi connectivity index (χ1n) is 11.0. The number of ether oxygens (including phenoxy) is 2. The summed E-state index contributed by atoms with van der Waals surface area (Å²) in [5.41, 5.74) is -0.889. The Balaban J connectivity index is 2.01. The summed E-state index contributed by atoms with van der Waals surface area (Å²) in [4.78, 5) is 56.9. The molecule has 0 radical (unpaired) electrons. The number of methoxy groups -OCH3 is 2. The SMILES string of the molecule is COC(=O)c1cc(C)nc2c1c(=O)n(CC(=O)NC1CCCC1)c(=O)n2-c1ccccc1OC. The van der Waals surface area contributed by atoms with E-state index in [-0.39, 0.29) is 22.6 Å². The number of esters is 1. The van der Waals surface area contributed by atoms with Gasteiger partial charge in [-0.2, -0.15) is 0 Å². The van der Waals surface area contributed by atoms with Gasteiger partial charge in [0.15, 0.2) is 5.65 Å². The maximum absolute atomic E-state index is 13.6. The van der Waals surface area contributed by atoms with Crippen molar-refractivity contribution in [3.8, 4) is 11.4 Å². The molecule has 1 amide bonds. The number of benzene rings is 1. The number of hydrogen-bond acceptors (Lipinski definition) is 7. The number of amides is 1. The van der Waals surface area contributed by atoms with Crippen LogP contribution in [0.3, 0.4) is 0 Å². The molecule has 1 N–H and O–H groups in total. The van der Waals surface area contributed by atoms with Gasteiger partial charge in [0.1, 0.15) is 12.3 Å². The van der Waals surface area contributed by atoms with Crippen LogP contribution >= 0.6 is 0 Å². The molecule has 178 valence electrons. The molecule has 0 aliphatic heterocycles. The van der Waals surface area contributed by atoms with Crippen molar-refractivity contribution in [2.45, 2.75) is 45.2 Å². The second-order valence-corrected chi connectivity index (χ2v) is 8.23. The first-order valence-corrected chi connectivity index (χ1v) is 11.0. The van der Waals surface area contributed by atoms with E-state index in [4.69, 9.17) is 9.47 Å². The number of fused-ring (bicyclic) bond motifs is 1. The lowest BCUT2D eigenvalue weighted by Crippen LogP contribution is -2.45. The quantitative estimate of drug-likeness (QED) is 0.549. The Morgan fingerprint density at radius 1 is 1.15 bits per heavy atom. The number of carbonyl (C=O) groups is 2. The van der Waals surface area contributed by atoms with Crippen LogP contribution in [0.25, 0.3) is 16.7 Å². The molecule has 34 heavy (non-hydrogen) atoms. The van der Waals surface area contributed by atoms with Gasteiger partial charge in [0.25, 0.3) is 5.56 Å². The fourth-order valence-electron chi connectivity index (χ4n) is 4.39. The first kappa shape index (κ1) is 23.2. The van der Waals surface area contributed by atoms with Crippen molar-refractivity contribution in [1.29, 1.82) is 0 Å². The summed E-state index contributed by atoms with van der Waals surface area (Å²) in [6, 6.07) is 8.18. The molecule has 0 atom stereocenters. The van der Waals surface area contributed by atoms with Crippen molar-refractivity contribution in [1.82, 2.24) is 19.4 Å². The van der Waals surface area contributed by atoms with E-state index >= 15 is 0 Å². The van der Waals surface area contributed by atoms with E-state index in [0.29, 0.717) is 17.1 Å². The minimum atomic E-state index is -0.791. The van der Waals surface area contributed by atoms with Crippen molar-refractivity contribution in [2.24, 2.45) is 0 Å². The number of rotatable bonds is 6. The second kappa shape index (κ2) is 9.50. The third kappa shape index (κ3) is 4.18. The van der Waals surface area contributed by atoms with Gasteiger partial charge in [-0.15, -0.1) is 0 Å². The van der Waals surface area contributed by atoms with Crippen molar-refractivity contribution in [3.63, 3.8) is 0 Å². The molecular formula is C24H26N4O6. The Labute approximate surface area is 195 Å². The molecule has 1 aromatic carbocycles. The van der Waals surface area contributed by atoms with Crippen molar-refractivity contribution >= 4 is 22.9 Å². The van der Waals surface area contributed by atoms with Gasteiger partial charge in [0.2, 0.25) is 5.91 Å². The van der Waals surface area contributed by atoms with Crippen LogP contribution in [0.1, 0.15) is 41.7 Å². The number of nitrogens with zero attached hydrogens (tertiary/aromatic N) is 3. The third-order valence-electron chi connectivity index (χ3n) is 5.97. The fourth-order valence-corrected chi connectivity index (χ4v) is 4.39. The van der Waals surface area contributed by atoms with Gasteiger partial charge in [-0.3, -0.25) is 9.59 Å². The monoisotopic (exact) mass is 466 g/mol. The predicted octanol–water partition coefficient (Wildman–Crippen LogP) is 1.71. The lowest BCUT2D eigenvalue weighted by molar-refractivity contribution is -0.122. The van der Waals surface area contributed by atoms with Crippen molar-refractivity contribution < 1.29 is 19.1 Å². The van der Waals surface area contributed by atoms with E-state index in [1.807, 2.05) is 0 Å². The molecule has 0 spiro atoms. The minimum Gasteiger partial charge on any atom is -0.495 e. The highest BCUT2D eigenvalue weighted by Crippen LogP contribution is 2.25. The van der Waals surface area contributed by atoms with Crippen LogP contribution in [0.2, 0.25) is 0 Å². The number of carbonyl (C=O) groups excluding carboxylic acids is 2. The molecule has 1 saturated carbocycles. The van der Waals surface area contributed by atoms with Crippen LogP contribution in [0, 0.1) is 6.92 Å². The predicted molar refractivity (Wildman–Crippen MR) is 125 cm³/mol. The van der Waals surface area contributed by atoms with Gasteiger partial charge in [0.05, 0.1) is 30.9 Å². The number of pyridine rings is 1. The zero-order valence-corrected chi connectivity index (χ0v) is 19.3. The molecule has 2 heterocycles. The first-order chi connectivity index (χ1) is 16.3. The summed E-state index contributed by atoms with van der Waals surface area (Å²) in [7, 11) is 2.66. The average molecular weight is 466 g/mol. The van der Waals surface area contributed by atoms with Crippen LogP contribution in [-0.2, 0) is 16.1 Å². The summed E-state index contributed by atoms with van der Waals surface area (Å²) in [6.45, 7) is 1.15. The molecular weight excluding hydrogens is 440 g/mol. The normalized spacial score (nSPS) is 13.7. The molecule has 1 fully saturated rings. The Morgan fingerprint density at radius 2 is 1.85 bits per heavy atom. The number of hydrogen-bond donors (Lipinski definition) is 1. The molecule has 0 unspecified atom stereocenters. The highest BCUT2D eigenvalue weighted by atomic mass is 16.5. The molecule has 1 aliphatic rings. The maximum Gasteiger partial charge on any atom is 0.338 e. The van der Waals surface area contributed by atoms with Gasteiger partial charge >= 0.3 is 11.7 Å². The van der Waals surface area contributed by atoms with Crippen molar-refractivity contribution in [3.05, 3.63) is 62.4 Å². The van der Waals surface area contributed by atoms with Crippen molar-refractivity contribution in [2.75, 3.05) is 14.2 Å². The summed E-state index contributed by atoms with van der Waals surface area (Å²) in [6.07, 6.45) is 3.77. The molecule has 10 heteroatoms. The van der Waals surface area contributed by atoms with E-state index in [0.717, 1.165) is 30.3 Å². The minimum absolute atomic E-state index is 0.0210. The van der Waals surface area contributed by atoms with Gasteiger partial charge in [0, 0.05) is 11.7 Å². The Hall–Kier alpha value is -3.95. The highest BCUT2D eigenvalue weighted by molar-refractivity contribution is 6.02. The number of nitrogens with one attached hydrogen (secondary N) is 1. The summed E-state index contributed by atoms with van der Waals surface area (Å²) in [5, 5.41) is 2.78. The molecule has 2 aromatic heterocycles. The molecule has 4 rings (SSSR count). The van der Waals surface area contributed by atoms with E-state index in [1.54, 1.807) is 31.2 Å². The van der Waals surface area contributed by atoms with Crippen LogP contribution in [-0.4, -0.2) is 46.3 Å². The summed E-state index contributed by atoms with van der Waals surface area (Å²) in [5.74, 6) is -0.842. The largest absolute Gasteiger partial charge is 0.495 e. The van der Waals surface area contributed by atoms with E-state index < -0.39 is 29.7 Å². The van der Waals surface area contributed by atoms with E-state index in [2.05, 4.69) is 10.3 Å². The van der Waals surface area contributed by atoms with E-state index in [1.165, 1.54) is 24.9 Å². The zero-order valence-electron chi connectivity index (χ0n) is 19.3. The molecule has 10 nitrogen and oxygen atoms in total. The average Bonchev–Trinajstić information content (AvgIpc) is 3.34. The molecule has 0 bridgehead atoms. The second-order valence-electron chi connectivity index (χ2n) is 8.23. The Morgan fingerprint density at radius 3 is 2.53 bits per heavy atom. The molecule has 3 aromatic rings. The third-order valence-corrected chi connectivity index (χ3v) is 5.97. The topological polar surface area (TPSA) is 122 Å². The standard InChI is InChI=1S/C24H26N4O6/c1-14-12-16(23(31)34-3)20-21(25-14)28(17-10-6-7-11-18(17)33-2)24(32)27(22(20)30)13-19(29)26-15-8-4-5-9-15/h6-7,10-12,15H,4-5,8-9,13H2,1-3H3,(H,26,29). The lowest BCUT2D eigenvalue weighted by Gasteiger charge is -2.18. The number of aromatic nitrogens is 3. The lowest BCUT2D eigenvalue weighted by atomic mass is 10.1. The van der Waals surface area contributed by atoms with Crippen LogP contribution in [0.4, 0.5) is 0 Å². The van der Waals surface area contributed by atoms with Gasteiger partial charge < -0.3 is 14.8 Å². The molecule has 0 saturated heterocycles. The number of para-hydroxylation sites is 2. The number of aryl methyl sites for hydroxylation is 1. The summed E-state index contributed by atoms with van der Waals surface area (Å²) >= 11 is 0. The van der Waals surface area contributed by atoms with Gasteiger partial charge in [-0.05, 0) is 38.0 Å². The van der Waals surface area contributed by atoms with Crippen LogP contribution in [0.5, 0.6) is 5.75 Å². The maximum atomic E-state index is 13.6. The van der Waals surface area contributed by atoms with E-state index in [9.17, 15) is 19.2 Å². The fraction of sp³-hybridized carbons (Fsp3) is 0.375. The van der Waals surface area contributed by atoms with Gasteiger partial charge in [-0.1, -0.05) is 25.0 Å². The smallest absolute Gasteiger partial charge is 0.338 e. The highest BCUT2D eigenvalue weighted by Gasteiger charge is 2.25. The Bertz CT molecular complexity index is 1380.